The summed E-state index contributed by atoms with van der Waals surface area (Å²) in [7, 11) is 0. The number of nitrogens with zero attached hydrogens (tertiary/aromatic N) is 2. The van der Waals surface area contributed by atoms with Crippen LogP contribution in [0.2, 0.25) is 10.0 Å². The molecule has 0 radical (unpaired) electrons. The van der Waals surface area contributed by atoms with Gasteiger partial charge in [-0.25, -0.2) is 9.78 Å². The maximum atomic E-state index is 12.2. The highest BCUT2D eigenvalue weighted by Crippen LogP contribution is 2.28. The van der Waals surface area contributed by atoms with Crippen LogP contribution >= 0.6 is 23.2 Å². The third kappa shape index (κ3) is 4.40. The molecule has 2 heterocycles. The molecule has 0 unspecified atom stereocenters. The Hall–Kier alpha value is -2.57. The average Bonchev–Trinajstić information content (AvgIpc) is 2.61. The first-order chi connectivity index (χ1) is 12.8. The molecule has 0 fully saturated rings. The van der Waals surface area contributed by atoms with E-state index < -0.39 is 12.1 Å². The van der Waals surface area contributed by atoms with E-state index in [4.69, 9.17) is 32.7 Å². The number of benzene rings is 1. The van der Waals surface area contributed by atoms with Gasteiger partial charge in [0.2, 0.25) is 0 Å². The topological polar surface area (TPSA) is 69.9 Å². The van der Waals surface area contributed by atoms with Crippen molar-refractivity contribution < 1.29 is 14.3 Å². The molecule has 140 valence electrons. The molecule has 1 atom stereocenters. The van der Waals surface area contributed by atoms with Crippen molar-refractivity contribution >= 4 is 34.8 Å². The second-order valence-electron chi connectivity index (χ2n) is 5.89. The second-order valence-corrected chi connectivity index (χ2v) is 6.73. The molecule has 8 heteroatoms. The first kappa shape index (κ1) is 19.2. The first-order valence-corrected chi connectivity index (χ1v) is 8.87. The third-order valence-electron chi connectivity index (χ3n) is 3.83. The van der Waals surface area contributed by atoms with Gasteiger partial charge >= 0.3 is 5.97 Å². The number of aromatic nitrogens is 2. The van der Waals surface area contributed by atoms with Crippen molar-refractivity contribution in [2.45, 2.75) is 26.6 Å². The van der Waals surface area contributed by atoms with Crippen LogP contribution in [0.1, 0.15) is 18.3 Å². The maximum Gasteiger partial charge on any atom is 0.347 e. The molecule has 2 aromatic heterocycles. The maximum absolute atomic E-state index is 12.2. The van der Waals surface area contributed by atoms with E-state index in [-0.39, 0.29) is 12.2 Å². The van der Waals surface area contributed by atoms with E-state index in [0.29, 0.717) is 27.1 Å². The summed E-state index contributed by atoms with van der Waals surface area (Å²) in [5, 5.41) is 0.758. The van der Waals surface area contributed by atoms with Crippen LogP contribution in [-0.4, -0.2) is 21.5 Å². The number of esters is 1. The van der Waals surface area contributed by atoms with Crippen molar-refractivity contribution in [1.29, 1.82) is 0 Å². The quantitative estimate of drug-likeness (QED) is 0.602. The molecule has 3 aromatic rings. The summed E-state index contributed by atoms with van der Waals surface area (Å²) >= 11 is 11.9. The molecule has 1 aromatic carbocycles. The molecule has 0 saturated carbocycles. The predicted octanol–water partition coefficient (Wildman–Crippen LogP) is 3.82. The monoisotopic (exact) mass is 406 g/mol. The molecule has 27 heavy (non-hydrogen) atoms. The minimum Gasteiger partial charge on any atom is -0.477 e. The zero-order valence-corrected chi connectivity index (χ0v) is 16.1. The van der Waals surface area contributed by atoms with Gasteiger partial charge in [0, 0.05) is 16.8 Å². The van der Waals surface area contributed by atoms with Crippen molar-refractivity contribution in [2.24, 2.45) is 0 Å². The number of rotatable bonds is 5. The minimum atomic E-state index is -0.896. The van der Waals surface area contributed by atoms with Crippen molar-refractivity contribution in [3.05, 3.63) is 74.3 Å². The number of pyridine rings is 1. The standard InChI is InChI=1S/C19H16Cl2N2O4/c1-11-4-3-5-17-22-14(9-18(24)23(11)17)10-26-19(25)12(2)27-16-7-6-13(20)8-15(16)21/h3-9,12H,10H2,1-2H3/t12-/m1/s1. The Bertz CT molecular complexity index is 1070. The van der Waals surface area contributed by atoms with E-state index >= 15 is 0 Å². The lowest BCUT2D eigenvalue weighted by molar-refractivity contribution is -0.152. The average molecular weight is 407 g/mol. The van der Waals surface area contributed by atoms with E-state index in [1.54, 1.807) is 31.2 Å². The van der Waals surface area contributed by atoms with Gasteiger partial charge in [-0.05, 0) is 44.2 Å². The molecule has 6 nitrogen and oxygen atoms in total. The summed E-state index contributed by atoms with van der Waals surface area (Å²) in [5.41, 5.74) is 1.39. The van der Waals surface area contributed by atoms with Crippen molar-refractivity contribution in [3.63, 3.8) is 0 Å². The number of aryl methyl sites for hydroxylation is 1. The van der Waals surface area contributed by atoms with Gasteiger partial charge in [-0.3, -0.25) is 9.20 Å². The Morgan fingerprint density at radius 1 is 1.22 bits per heavy atom. The summed E-state index contributed by atoms with van der Waals surface area (Å²) in [6, 6.07) is 11.4. The number of hydrogen-bond acceptors (Lipinski definition) is 5. The molecule has 0 aliphatic heterocycles. The van der Waals surface area contributed by atoms with Gasteiger partial charge in [0.15, 0.2) is 6.10 Å². The number of carbonyl (C=O) groups is 1. The van der Waals surface area contributed by atoms with Gasteiger partial charge in [-0.15, -0.1) is 0 Å². The van der Waals surface area contributed by atoms with E-state index in [1.165, 1.54) is 16.5 Å². The summed E-state index contributed by atoms with van der Waals surface area (Å²) in [6.45, 7) is 3.22. The molecule has 0 N–H and O–H groups in total. The number of halogens is 2. The van der Waals surface area contributed by atoms with Gasteiger partial charge in [0.1, 0.15) is 18.0 Å². The zero-order chi connectivity index (χ0) is 19.6. The highest BCUT2D eigenvalue weighted by atomic mass is 35.5. The molecular formula is C19H16Cl2N2O4. The lowest BCUT2D eigenvalue weighted by Crippen LogP contribution is -2.26. The Kier molecular flexibility index (Phi) is 5.68. The number of ether oxygens (including phenoxy) is 2. The Morgan fingerprint density at radius 3 is 2.74 bits per heavy atom. The molecule has 0 bridgehead atoms. The summed E-state index contributed by atoms with van der Waals surface area (Å²) < 4.78 is 12.2. The molecule has 0 aliphatic rings. The first-order valence-electron chi connectivity index (χ1n) is 8.12. The molecule has 3 rings (SSSR count). The van der Waals surface area contributed by atoms with Crippen molar-refractivity contribution in [3.8, 4) is 5.75 Å². The highest BCUT2D eigenvalue weighted by Gasteiger charge is 2.18. The van der Waals surface area contributed by atoms with E-state index in [2.05, 4.69) is 4.98 Å². The normalized spacial score (nSPS) is 12.0. The number of fused-ring (bicyclic) bond motifs is 1. The van der Waals surface area contributed by atoms with Crippen LogP contribution in [0, 0.1) is 6.92 Å². The van der Waals surface area contributed by atoms with Crippen LogP contribution in [0.3, 0.4) is 0 Å². The van der Waals surface area contributed by atoms with Gasteiger partial charge < -0.3 is 9.47 Å². The smallest absolute Gasteiger partial charge is 0.347 e. The van der Waals surface area contributed by atoms with Gasteiger partial charge in [0.25, 0.3) is 5.56 Å². The van der Waals surface area contributed by atoms with E-state index in [0.717, 1.165) is 5.69 Å². The SMILES string of the molecule is Cc1cccc2nc(COC(=O)[C@@H](C)Oc3ccc(Cl)cc3Cl)cc(=O)n12. The van der Waals surface area contributed by atoms with Gasteiger partial charge in [-0.2, -0.15) is 0 Å². The highest BCUT2D eigenvalue weighted by molar-refractivity contribution is 6.35. The van der Waals surface area contributed by atoms with Crippen LogP contribution in [0.5, 0.6) is 5.75 Å². The van der Waals surface area contributed by atoms with Crippen LogP contribution in [0.25, 0.3) is 5.65 Å². The van der Waals surface area contributed by atoms with E-state index in [1.807, 2.05) is 13.0 Å². The predicted molar refractivity (Wildman–Crippen MR) is 103 cm³/mol. The Labute approximate surface area is 165 Å². The lowest BCUT2D eigenvalue weighted by Gasteiger charge is -2.15. The molecule has 0 spiro atoms. The molecule has 0 saturated heterocycles. The fourth-order valence-corrected chi connectivity index (χ4v) is 2.96. The molecule has 0 aliphatic carbocycles. The minimum absolute atomic E-state index is 0.138. The lowest BCUT2D eigenvalue weighted by atomic mass is 10.3. The summed E-state index contributed by atoms with van der Waals surface area (Å²) in [6.07, 6.45) is -0.896. The Morgan fingerprint density at radius 2 is 2.00 bits per heavy atom. The fraction of sp³-hybridized carbons (Fsp3) is 0.211. The zero-order valence-electron chi connectivity index (χ0n) is 14.6. The van der Waals surface area contributed by atoms with Crippen molar-refractivity contribution in [2.75, 3.05) is 0 Å². The number of hydrogen-bond donors (Lipinski definition) is 0. The van der Waals surface area contributed by atoms with E-state index in [9.17, 15) is 9.59 Å². The van der Waals surface area contributed by atoms with Crippen molar-refractivity contribution in [1.82, 2.24) is 9.38 Å². The van der Waals surface area contributed by atoms with Crippen LogP contribution in [0.4, 0.5) is 0 Å². The van der Waals surface area contributed by atoms with Crippen LogP contribution in [0.15, 0.2) is 47.3 Å². The molecular weight excluding hydrogens is 391 g/mol. The van der Waals surface area contributed by atoms with Gasteiger partial charge in [0.05, 0.1) is 10.7 Å². The van der Waals surface area contributed by atoms with Gasteiger partial charge in [-0.1, -0.05) is 29.3 Å². The molecule has 0 amide bonds. The number of carbonyl (C=O) groups excluding carboxylic acids is 1. The Balaban J connectivity index is 1.68. The second kappa shape index (κ2) is 7.98. The summed E-state index contributed by atoms with van der Waals surface area (Å²) in [4.78, 5) is 28.8. The third-order valence-corrected chi connectivity index (χ3v) is 4.36. The fourth-order valence-electron chi connectivity index (χ4n) is 2.51. The summed E-state index contributed by atoms with van der Waals surface area (Å²) in [5.74, 6) is -0.282. The van der Waals surface area contributed by atoms with Crippen LogP contribution < -0.4 is 10.3 Å². The largest absolute Gasteiger partial charge is 0.477 e. The van der Waals surface area contributed by atoms with Crippen LogP contribution in [-0.2, 0) is 16.1 Å².